The number of hydrogen-bond donors (Lipinski definition) is 1. The van der Waals surface area contributed by atoms with Crippen LogP contribution in [0.1, 0.15) is 22.2 Å². The van der Waals surface area contributed by atoms with Gasteiger partial charge in [-0.1, -0.05) is 42.5 Å². The van der Waals surface area contributed by atoms with Gasteiger partial charge in [0.25, 0.3) is 5.91 Å². The molecule has 4 heteroatoms. The number of carbonyl (C=O) groups excluding carboxylic acids is 1. The number of hydrazone groups is 1. The molecule has 2 aromatic rings. The first kappa shape index (κ1) is 13.2. The smallest absolute Gasteiger partial charge is 0.266 e. The zero-order chi connectivity index (χ0) is 13.5. The van der Waals surface area contributed by atoms with E-state index >= 15 is 0 Å². The minimum atomic E-state index is -0.182. The van der Waals surface area contributed by atoms with Crippen LogP contribution in [0.3, 0.4) is 0 Å². The summed E-state index contributed by atoms with van der Waals surface area (Å²) < 4.78 is 0. The molecular formula is C15H14N2OS. The highest BCUT2D eigenvalue weighted by atomic mass is 32.1. The first-order valence-corrected chi connectivity index (χ1v) is 6.74. The number of nitrogens with zero attached hydrogens (tertiary/aromatic N) is 1. The number of nitrogens with one attached hydrogen (secondary N) is 1. The lowest BCUT2D eigenvalue weighted by molar-refractivity contribution is 0.0959. The molecule has 1 aromatic carbocycles. The minimum absolute atomic E-state index is 0.182. The van der Waals surface area contributed by atoms with Crippen molar-refractivity contribution < 1.29 is 4.79 Å². The molecule has 19 heavy (non-hydrogen) atoms. The van der Waals surface area contributed by atoms with Crippen molar-refractivity contribution in [2.75, 3.05) is 0 Å². The van der Waals surface area contributed by atoms with Crippen LogP contribution in [0.2, 0.25) is 0 Å². The van der Waals surface area contributed by atoms with E-state index < -0.39 is 0 Å². The molecule has 0 saturated heterocycles. The van der Waals surface area contributed by atoms with Crippen LogP contribution in [0.4, 0.5) is 0 Å². The summed E-state index contributed by atoms with van der Waals surface area (Å²) in [6.45, 7) is 1.94. The summed E-state index contributed by atoms with van der Waals surface area (Å²) in [6, 6.07) is 13.6. The Labute approximate surface area is 116 Å². The third-order valence-corrected chi connectivity index (χ3v) is 3.24. The second-order valence-electron chi connectivity index (χ2n) is 3.98. The van der Waals surface area contributed by atoms with Crippen LogP contribution in [0.5, 0.6) is 0 Å². The Morgan fingerprint density at radius 1 is 1.21 bits per heavy atom. The van der Waals surface area contributed by atoms with Gasteiger partial charge in [0.05, 0.1) is 11.1 Å². The number of benzene rings is 1. The molecule has 0 atom stereocenters. The third kappa shape index (κ3) is 4.19. The number of rotatable bonds is 4. The van der Waals surface area contributed by atoms with Crippen molar-refractivity contribution in [3.8, 4) is 0 Å². The molecule has 0 spiro atoms. The third-order valence-electron chi connectivity index (χ3n) is 2.37. The van der Waals surface area contributed by atoms with E-state index in [2.05, 4.69) is 10.5 Å². The quantitative estimate of drug-likeness (QED) is 0.669. The largest absolute Gasteiger partial charge is 0.281 e. The summed E-state index contributed by atoms with van der Waals surface area (Å²) in [5.74, 6) is -0.182. The SMILES string of the molecule is CC(=C/c1ccccc1)/C=N/NC(=O)c1cccs1. The predicted molar refractivity (Wildman–Crippen MR) is 80.4 cm³/mol. The molecule has 0 radical (unpaired) electrons. The van der Waals surface area contributed by atoms with Crippen LogP contribution in [0.25, 0.3) is 6.08 Å². The van der Waals surface area contributed by atoms with Crippen molar-refractivity contribution >= 4 is 29.5 Å². The molecule has 1 aromatic heterocycles. The monoisotopic (exact) mass is 270 g/mol. The summed E-state index contributed by atoms with van der Waals surface area (Å²) >= 11 is 1.39. The average molecular weight is 270 g/mol. The molecule has 1 heterocycles. The molecule has 0 aliphatic heterocycles. The van der Waals surface area contributed by atoms with Crippen molar-refractivity contribution in [1.29, 1.82) is 0 Å². The lowest BCUT2D eigenvalue weighted by atomic mass is 10.1. The van der Waals surface area contributed by atoms with Crippen LogP contribution >= 0.6 is 11.3 Å². The molecular weight excluding hydrogens is 256 g/mol. The summed E-state index contributed by atoms with van der Waals surface area (Å²) in [7, 11) is 0. The maximum Gasteiger partial charge on any atom is 0.281 e. The van der Waals surface area contributed by atoms with Gasteiger partial charge in [-0.15, -0.1) is 11.3 Å². The van der Waals surface area contributed by atoms with Crippen LogP contribution in [-0.2, 0) is 0 Å². The van der Waals surface area contributed by atoms with Crippen molar-refractivity contribution in [1.82, 2.24) is 5.43 Å². The van der Waals surface area contributed by atoms with E-state index in [1.807, 2.05) is 54.8 Å². The van der Waals surface area contributed by atoms with Crippen molar-refractivity contribution in [2.24, 2.45) is 5.10 Å². The van der Waals surface area contributed by atoms with Crippen LogP contribution in [0.15, 0.2) is 58.5 Å². The molecule has 0 unspecified atom stereocenters. The molecule has 2 rings (SSSR count). The molecule has 1 amide bonds. The molecule has 1 N–H and O–H groups in total. The number of thiophene rings is 1. The Bertz CT molecular complexity index is 586. The van der Waals surface area contributed by atoms with Gasteiger partial charge in [-0.3, -0.25) is 4.79 Å². The van der Waals surface area contributed by atoms with Crippen molar-refractivity contribution in [2.45, 2.75) is 6.92 Å². The van der Waals surface area contributed by atoms with E-state index in [1.165, 1.54) is 11.3 Å². The second kappa shape index (κ2) is 6.66. The number of amides is 1. The molecule has 3 nitrogen and oxygen atoms in total. The van der Waals surface area contributed by atoms with Crippen molar-refractivity contribution in [3.63, 3.8) is 0 Å². The van der Waals surface area contributed by atoms with Gasteiger partial charge in [-0.2, -0.15) is 5.10 Å². The Morgan fingerprint density at radius 2 is 2.00 bits per heavy atom. The molecule has 0 aliphatic rings. The minimum Gasteiger partial charge on any atom is -0.266 e. The molecule has 0 aliphatic carbocycles. The Kier molecular flexibility index (Phi) is 4.64. The highest BCUT2D eigenvalue weighted by Gasteiger charge is 2.03. The normalized spacial score (nSPS) is 11.7. The lowest BCUT2D eigenvalue weighted by Crippen LogP contribution is -2.16. The van der Waals surface area contributed by atoms with Gasteiger partial charge in [0, 0.05) is 0 Å². The van der Waals surface area contributed by atoms with Gasteiger partial charge < -0.3 is 0 Å². The topological polar surface area (TPSA) is 41.5 Å². The maximum atomic E-state index is 11.6. The summed E-state index contributed by atoms with van der Waals surface area (Å²) in [5.41, 5.74) is 4.58. The molecule has 0 bridgehead atoms. The number of allylic oxidation sites excluding steroid dienone is 1. The first-order valence-electron chi connectivity index (χ1n) is 5.86. The zero-order valence-electron chi connectivity index (χ0n) is 10.5. The van der Waals surface area contributed by atoms with E-state index in [4.69, 9.17) is 0 Å². The van der Waals surface area contributed by atoms with Gasteiger partial charge in [-0.25, -0.2) is 5.43 Å². The molecule has 0 fully saturated rings. The number of carbonyl (C=O) groups is 1. The van der Waals surface area contributed by atoms with Gasteiger partial charge in [-0.05, 0) is 29.5 Å². The Morgan fingerprint density at radius 3 is 2.68 bits per heavy atom. The maximum absolute atomic E-state index is 11.6. The van der Waals surface area contributed by atoms with E-state index in [0.29, 0.717) is 4.88 Å². The lowest BCUT2D eigenvalue weighted by Gasteiger charge is -1.96. The Hall–Kier alpha value is -2.20. The highest BCUT2D eigenvalue weighted by molar-refractivity contribution is 7.12. The van der Waals surface area contributed by atoms with E-state index in [9.17, 15) is 4.79 Å². The van der Waals surface area contributed by atoms with E-state index in [1.54, 1.807) is 12.3 Å². The Balaban J connectivity index is 1.92. The fourth-order valence-corrected chi connectivity index (χ4v) is 2.12. The van der Waals surface area contributed by atoms with Crippen molar-refractivity contribution in [3.05, 3.63) is 63.9 Å². The fourth-order valence-electron chi connectivity index (χ4n) is 1.50. The van der Waals surface area contributed by atoms with Gasteiger partial charge in [0.1, 0.15) is 0 Å². The summed E-state index contributed by atoms with van der Waals surface area (Å²) in [6.07, 6.45) is 3.64. The van der Waals surface area contributed by atoms with E-state index in [0.717, 1.165) is 11.1 Å². The number of hydrogen-bond acceptors (Lipinski definition) is 3. The molecule has 96 valence electrons. The summed E-state index contributed by atoms with van der Waals surface area (Å²) in [4.78, 5) is 12.3. The second-order valence-corrected chi connectivity index (χ2v) is 4.92. The van der Waals surface area contributed by atoms with Crippen LogP contribution in [-0.4, -0.2) is 12.1 Å². The van der Waals surface area contributed by atoms with Gasteiger partial charge in [0.2, 0.25) is 0 Å². The van der Waals surface area contributed by atoms with Crippen LogP contribution in [0, 0.1) is 0 Å². The predicted octanol–water partition coefficient (Wildman–Crippen LogP) is 3.57. The fraction of sp³-hybridized carbons (Fsp3) is 0.0667. The van der Waals surface area contributed by atoms with Gasteiger partial charge >= 0.3 is 0 Å². The van der Waals surface area contributed by atoms with E-state index in [-0.39, 0.29) is 5.91 Å². The standard InChI is InChI=1S/C15H14N2OS/c1-12(10-13-6-3-2-4-7-13)11-16-17-15(18)14-8-5-9-19-14/h2-11H,1H3,(H,17,18)/b12-10-,16-11+. The summed E-state index contributed by atoms with van der Waals surface area (Å²) in [5, 5.41) is 5.80. The molecule has 0 saturated carbocycles. The average Bonchev–Trinajstić information content (AvgIpc) is 2.93. The van der Waals surface area contributed by atoms with Gasteiger partial charge in [0.15, 0.2) is 0 Å². The first-order chi connectivity index (χ1) is 9.25. The highest BCUT2D eigenvalue weighted by Crippen LogP contribution is 2.07. The van der Waals surface area contributed by atoms with Crippen LogP contribution < -0.4 is 5.43 Å². The zero-order valence-corrected chi connectivity index (χ0v) is 11.4.